The maximum absolute atomic E-state index is 11.0. The van der Waals surface area contributed by atoms with Gasteiger partial charge in [0.1, 0.15) is 0 Å². The van der Waals surface area contributed by atoms with E-state index in [1.54, 1.807) is 6.92 Å². The first-order valence-corrected chi connectivity index (χ1v) is 5.25. The summed E-state index contributed by atoms with van der Waals surface area (Å²) in [6.45, 7) is 2.20. The molecule has 0 fully saturated rings. The highest BCUT2D eigenvalue weighted by atomic mass is 79.9. The van der Waals surface area contributed by atoms with Crippen LogP contribution in [0.5, 0.6) is 0 Å². The van der Waals surface area contributed by atoms with Gasteiger partial charge in [0.05, 0.1) is 4.88 Å². The van der Waals surface area contributed by atoms with Gasteiger partial charge in [-0.3, -0.25) is 4.79 Å². The highest BCUT2D eigenvalue weighted by molar-refractivity contribution is 9.10. The second-order valence-corrected chi connectivity index (χ2v) is 4.47. The monoisotopic (exact) mass is 247 g/mol. The predicted octanol–water partition coefficient (Wildman–Crippen LogP) is 2.21. The second-order valence-electron chi connectivity index (χ2n) is 2.48. The molecule has 0 saturated carbocycles. The SMILES string of the molecule is CC(=O)c1cc(Br)c(CCN)s1. The number of hydrogen-bond acceptors (Lipinski definition) is 3. The Balaban J connectivity index is 2.92. The summed E-state index contributed by atoms with van der Waals surface area (Å²) >= 11 is 4.90. The Morgan fingerprint density at radius 3 is 2.83 bits per heavy atom. The molecule has 0 saturated heterocycles. The van der Waals surface area contributed by atoms with Gasteiger partial charge in [0.2, 0.25) is 0 Å². The summed E-state index contributed by atoms with van der Waals surface area (Å²) in [7, 11) is 0. The van der Waals surface area contributed by atoms with Crippen molar-refractivity contribution >= 4 is 33.0 Å². The molecule has 0 spiro atoms. The smallest absolute Gasteiger partial charge is 0.169 e. The number of hydrogen-bond donors (Lipinski definition) is 1. The van der Waals surface area contributed by atoms with Crippen LogP contribution in [-0.2, 0) is 6.42 Å². The molecule has 0 amide bonds. The molecule has 1 heterocycles. The number of ketones is 1. The predicted molar refractivity (Wildman–Crippen MR) is 54.8 cm³/mol. The molecule has 0 unspecified atom stereocenters. The van der Waals surface area contributed by atoms with E-state index < -0.39 is 0 Å². The minimum atomic E-state index is 0.115. The van der Waals surface area contributed by atoms with E-state index in [1.807, 2.05) is 6.07 Å². The largest absolute Gasteiger partial charge is 0.330 e. The number of Topliss-reactive ketones (excluding diaryl/α,β-unsaturated/α-hetero) is 1. The Morgan fingerprint density at radius 1 is 1.75 bits per heavy atom. The fourth-order valence-corrected chi connectivity index (χ4v) is 2.67. The summed E-state index contributed by atoms with van der Waals surface area (Å²) in [5.41, 5.74) is 5.42. The Kier molecular flexibility index (Phi) is 3.43. The number of halogens is 1. The van der Waals surface area contributed by atoms with Gasteiger partial charge < -0.3 is 5.73 Å². The van der Waals surface area contributed by atoms with Crippen molar-refractivity contribution in [3.63, 3.8) is 0 Å². The van der Waals surface area contributed by atoms with Crippen molar-refractivity contribution in [3.8, 4) is 0 Å². The van der Waals surface area contributed by atoms with E-state index in [0.717, 1.165) is 20.6 Å². The fraction of sp³-hybridized carbons (Fsp3) is 0.375. The lowest BCUT2D eigenvalue weighted by molar-refractivity contribution is 0.102. The minimum absolute atomic E-state index is 0.115. The average Bonchev–Trinajstić information content (AvgIpc) is 2.34. The molecule has 0 radical (unpaired) electrons. The molecule has 12 heavy (non-hydrogen) atoms. The summed E-state index contributed by atoms with van der Waals surface area (Å²) in [5, 5.41) is 0. The van der Waals surface area contributed by atoms with E-state index in [-0.39, 0.29) is 5.78 Å². The van der Waals surface area contributed by atoms with Crippen molar-refractivity contribution in [1.82, 2.24) is 0 Å². The normalized spacial score (nSPS) is 10.2. The molecule has 0 aromatic carbocycles. The first-order chi connectivity index (χ1) is 5.65. The minimum Gasteiger partial charge on any atom is -0.330 e. The number of carbonyl (C=O) groups is 1. The lowest BCUT2D eigenvalue weighted by atomic mass is 10.3. The average molecular weight is 248 g/mol. The van der Waals surface area contributed by atoms with Crippen molar-refractivity contribution in [3.05, 3.63) is 20.3 Å². The molecule has 2 nitrogen and oxygen atoms in total. The number of carbonyl (C=O) groups excluding carboxylic acids is 1. The van der Waals surface area contributed by atoms with Crippen molar-refractivity contribution < 1.29 is 4.79 Å². The standard InChI is InChI=1S/C8H10BrNOS/c1-5(11)8-4-6(9)7(12-8)2-3-10/h4H,2-3,10H2,1H3. The quantitative estimate of drug-likeness (QED) is 0.833. The molecule has 0 aliphatic rings. The first-order valence-electron chi connectivity index (χ1n) is 3.64. The summed E-state index contributed by atoms with van der Waals surface area (Å²) in [4.78, 5) is 12.9. The van der Waals surface area contributed by atoms with Gasteiger partial charge >= 0.3 is 0 Å². The molecule has 66 valence electrons. The van der Waals surface area contributed by atoms with Crippen LogP contribution >= 0.6 is 27.3 Å². The molecule has 0 aliphatic heterocycles. The van der Waals surface area contributed by atoms with Crippen LogP contribution in [0.3, 0.4) is 0 Å². The van der Waals surface area contributed by atoms with Crippen LogP contribution in [-0.4, -0.2) is 12.3 Å². The van der Waals surface area contributed by atoms with Gasteiger partial charge in [0, 0.05) is 9.35 Å². The molecule has 1 aromatic rings. The summed E-state index contributed by atoms with van der Waals surface area (Å²) < 4.78 is 1.00. The molecule has 0 aliphatic carbocycles. The van der Waals surface area contributed by atoms with Crippen LogP contribution in [0.25, 0.3) is 0 Å². The van der Waals surface area contributed by atoms with Gasteiger partial charge in [0.15, 0.2) is 5.78 Å². The maximum Gasteiger partial charge on any atom is 0.169 e. The summed E-state index contributed by atoms with van der Waals surface area (Å²) in [5.74, 6) is 0.115. The number of nitrogens with two attached hydrogens (primary N) is 1. The third kappa shape index (κ3) is 2.15. The number of thiophene rings is 1. The van der Waals surface area contributed by atoms with Gasteiger partial charge in [0.25, 0.3) is 0 Å². The van der Waals surface area contributed by atoms with Gasteiger partial charge in [-0.25, -0.2) is 0 Å². The molecule has 4 heteroatoms. The van der Waals surface area contributed by atoms with Crippen LogP contribution in [0, 0.1) is 0 Å². The first kappa shape index (κ1) is 9.89. The van der Waals surface area contributed by atoms with Crippen molar-refractivity contribution in [2.45, 2.75) is 13.3 Å². The molecule has 1 rings (SSSR count). The van der Waals surface area contributed by atoms with Gasteiger partial charge in [-0.05, 0) is 41.9 Å². The topological polar surface area (TPSA) is 43.1 Å². The Hall–Kier alpha value is -0.190. The summed E-state index contributed by atoms with van der Waals surface area (Å²) in [6.07, 6.45) is 0.832. The van der Waals surface area contributed by atoms with Crippen molar-refractivity contribution in [2.75, 3.05) is 6.54 Å². The van der Waals surface area contributed by atoms with Crippen molar-refractivity contribution in [2.24, 2.45) is 5.73 Å². The zero-order chi connectivity index (χ0) is 9.14. The van der Waals surface area contributed by atoms with Crippen LogP contribution in [0.4, 0.5) is 0 Å². The molecule has 1 aromatic heterocycles. The van der Waals surface area contributed by atoms with E-state index in [9.17, 15) is 4.79 Å². The third-order valence-electron chi connectivity index (χ3n) is 1.48. The highest BCUT2D eigenvalue weighted by Crippen LogP contribution is 2.27. The molecule has 2 N–H and O–H groups in total. The lowest BCUT2D eigenvalue weighted by Crippen LogP contribution is -2.01. The molecule has 0 atom stereocenters. The van der Waals surface area contributed by atoms with Gasteiger partial charge in [-0.2, -0.15) is 0 Å². The molecular weight excluding hydrogens is 238 g/mol. The van der Waals surface area contributed by atoms with E-state index >= 15 is 0 Å². The maximum atomic E-state index is 11.0. The van der Waals surface area contributed by atoms with Crippen LogP contribution in [0.15, 0.2) is 10.5 Å². The van der Waals surface area contributed by atoms with E-state index in [2.05, 4.69) is 15.9 Å². The lowest BCUT2D eigenvalue weighted by Gasteiger charge is -1.91. The second kappa shape index (κ2) is 4.16. The Bertz CT molecular complexity index is 295. The van der Waals surface area contributed by atoms with Gasteiger partial charge in [-0.1, -0.05) is 0 Å². The Morgan fingerprint density at radius 2 is 2.42 bits per heavy atom. The van der Waals surface area contributed by atoms with E-state index in [0.29, 0.717) is 6.54 Å². The van der Waals surface area contributed by atoms with Crippen LogP contribution in [0.2, 0.25) is 0 Å². The van der Waals surface area contributed by atoms with Crippen molar-refractivity contribution in [1.29, 1.82) is 0 Å². The Labute approximate surface area is 83.9 Å². The zero-order valence-electron chi connectivity index (χ0n) is 6.76. The molecular formula is C8H10BrNOS. The number of rotatable bonds is 3. The third-order valence-corrected chi connectivity index (χ3v) is 3.74. The molecule has 0 bridgehead atoms. The summed E-state index contributed by atoms with van der Waals surface area (Å²) in [6, 6.07) is 1.86. The van der Waals surface area contributed by atoms with E-state index in [1.165, 1.54) is 11.3 Å². The van der Waals surface area contributed by atoms with Crippen LogP contribution < -0.4 is 5.73 Å². The van der Waals surface area contributed by atoms with E-state index in [4.69, 9.17) is 5.73 Å². The highest BCUT2D eigenvalue weighted by Gasteiger charge is 2.08. The fourth-order valence-electron chi connectivity index (χ4n) is 0.882. The van der Waals surface area contributed by atoms with Gasteiger partial charge in [-0.15, -0.1) is 11.3 Å². The van der Waals surface area contributed by atoms with Crippen LogP contribution in [0.1, 0.15) is 21.5 Å². The zero-order valence-corrected chi connectivity index (χ0v) is 9.17.